The molecule has 0 bridgehead atoms. The third-order valence-electron chi connectivity index (χ3n) is 3.93. The van der Waals surface area contributed by atoms with Gasteiger partial charge in [0, 0.05) is 16.3 Å². The Bertz CT molecular complexity index is 1160. The average molecular weight is 431 g/mol. The smallest absolute Gasteiger partial charge is 0.337 e. The standard InChI is InChI=1S/C20H15ClN2O5S/c21-14-7-9-15(10-8-14)23-29(27,28)16-11-5-13(6-12-16)19(24)22-18-4-2-1-3-17(18)20(25)26/h1-12,23H,(H,22,24)(H,25,26). The van der Waals surface area contributed by atoms with Gasteiger partial charge in [-0.05, 0) is 60.7 Å². The number of carbonyl (C=O) groups is 2. The molecule has 3 aromatic carbocycles. The molecule has 0 spiro atoms. The van der Waals surface area contributed by atoms with Gasteiger partial charge in [-0.1, -0.05) is 23.7 Å². The van der Waals surface area contributed by atoms with Gasteiger partial charge >= 0.3 is 5.97 Å². The van der Waals surface area contributed by atoms with Crippen molar-refractivity contribution in [3.63, 3.8) is 0 Å². The van der Waals surface area contributed by atoms with Crippen molar-refractivity contribution in [2.24, 2.45) is 0 Å². The molecule has 148 valence electrons. The van der Waals surface area contributed by atoms with Gasteiger partial charge in [0.2, 0.25) is 0 Å². The summed E-state index contributed by atoms with van der Waals surface area (Å²) in [7, 11) is -3.85. The summed E-state index contributed by atoms with van der Waals surface area (Å²) in [5.74, 6) is -1.73. The fraction of sp³-hybridized carbons (Fsp3) is 0. The van der Waals surface area contributed by atoms with E-state index < -0.39 is 21.9 Å². The van der Waals surface area contributed by atoms with E-state index in [4.69, 9.17) is 11.6 Å². The number of anilines is 2. The molecule has 0 unspecified atom stereocenters. The summed E-state index contributed by atoms with van der Waals surface area (Å²) < 4.78 is 27.4. The molecule has 0 aliphatic rings. The molecule has 0 aliphatic heterocycles. The van der Waals surface area contributed by atoms with Crippen LogP contribution in [0.25, 0.3) is 0 Å². The Morgan fingerprint density at radius 2 is 1.48 bits per heavy atom. The van der Waals surface area contributed by atoms with Crippen LogP contribution >= 0.6 is 11.6 Å². The van der Waals surface area contributed by atoms with Crippen LogP contribution in [0.1, 0.15) is 20.7 Å². The zero-order valence-electron chi connectivity index (χ0n) is 14.8. The van der Waals surface area contributed by atoms with Crippen LogP contribution in [0.2, 0.25) is 5.02 Å². The van der Waals surface area contributed by atoms with E-state index in [1.807, 2.05) is 0 Å². The van der Waals surface area contributed by atoms with Crippen LogP contribution < -0.4 is 10.0 Å². The van der Waals surface area contributed by atoms with Gasteiger partial charge in [-0.3, -0.25) is 9.52 Å². The Hall–Kier alpha value is -3.36. The number of aromatic carboxylic acids is 1. The second kappa shape index (κ2) is 8.34. The number of carboxylic acid groups (broad SMARTS) is 1. The minimum atomic E-state index is -3.85. The van der Waals surface area contributed by atoms with E-state index in [0.29, 0.717) is 10.7 Å². The van der Waals surface area contributed by atoms with Crippen LogP contribution in [0.15, 0.2) is 77.7 Å². The highest BCUT2D eigenvalue weighted by molar-refractivity contribution is 7.92. The predicted molar refractivity (Wildman–Crippen MR) is 110 cm³/mol. The Labute approximate surface area is 172 Å². The zero-order chi connectivity index (χ0) is 21.0. The lowest BCUT2D eigenvalue weighted by atomic mass is 10.1. The molecular formula is C20H15ClN2O5S. The number of sulfonamides is 1. The van der Waals surface area contributed by atoms with E-state index in [-0.39, 0.29) is 21.7 Å². The molecule has 0 aromatic heterocycles. The Kier molecular flexibility index (Phi) is 5.86. The van der Waals surface area contributed by atoms with E-state index >= 15 is 0 Å². The SMILES string of the molecule is O=C(Nc1ccccc1C(=O)O)c1ccc(S(=O)(=O)Nc2ccc(Cl)cc2)cc1. The van der Waals surface area contributed by atoms with E-state index in [9.17, 15) is 23.1 Å². The number of nitrogens with one attached hydrogen (secondary N) is 2. The first-order valence-corrected chi connectivity index (χ1v) is 10.1. The van der Waals surface area contributed by atoms with Crippen molar-refractivity contribution in [1.82, 2.24) is 0 Å². The highest BCUT2D eigenvalue weighted by Gasteiger charge is 2.17. The van der Waals surface area contributed by atoms with Gasteiger partial charge in [-0.25, -0.2) is 13.2 Å². The molecule has 3 N–H and O–H groups in total. The molecule has 7 nitrogen and oxygen atoms in total. The molecule has 0 aliphatic carbocycles. The third-order valence-corrected chi connectivity index (χ3v) is 5.58. The van der Waals surface area contributed by atoms with Gasteiger partial charge in [0.1, 0.15) is 0 Å². The van der Waals surface area contributed by atoms with E-state index in [1.54, 1.807) is 24.3 Å². The van der Waals surface area contributed by atoms with Gasteiger partial charge < -0.3 is 10.4 Å². The molecule has 0 atom stereocenters. The maximum atomic E-state index is 12.5. The summed E-state index contributed by atoms with van der Waals surface area (Å²) >= 11 is 5.78. The van der Waals surface area contributed by atoms with Crippen LogP contribution in [0.4, 0.5) is 11.4 Å². The summed E-state index contributed by atoms with van der Waals surface area (Å²) in [6.45, 7) is 0. The second-order valence-electron chi connectivity index (χ2n) is 5.94. The Morgan fingerprint density at radius 3 is 2.10 bits per heavy atom. The number of hydrogen-bond acceptors (Lipinski definition) is 4. The van der Waals surface area contributed by atoms with E-state index in [2.05, 4.69) is 10.0 Å². The quantitative estimate of drug-likeness (QED) is 0.545. The van der Waals surface area contributed by atoms with Crippen molar-refractivity contribution in [3.05, 3.63) is 88.9 Å². The summed E-state index contributed by atoms with van der Waals surface area (Å²) in [6.07, 6.45) is 0. The number of carboxylic acids is 1. The first-order valence-electron chi connectivity index (χ1n) is 8.28. The lowest BCUT2D eigenvalue weighted by Crippen LogP contribution is -2.16. The first kappa shape index (κ1) is 20.4. The molecule has 9 heteroatoms. The minimum Gasteiger partial charge on any atom is -0.478 e. The topological polar surface area (TPSA) is 113 Å². The number of amides is 1. The second-order valence-corrected chi connectivity index (χ2v) is 8.06. The fourth-order valence-corrected chi connectivity index (χ4v) is 3.68. The molecule has 29 heavy (non-hydrogen) atoms. The summed E-state index contributed by atoms with van der Waals surface area (Å²) in [5, 5.41) is 12.2. The number of halogens is 1. The fourth-order valence-electron chi connectivity index (χ4n) is 2.49. The predicted octanol–water partition coefficient (Wildman–Crippen LogP) is 4.09. The molecule has 0 fully saturated rings. The van der Waals surface area contributed by atoms with Crippen LogP contribution in [-0.4, -0.2) is 25.4 Å². The molecule has 1 amide bonds. The van der Waals surface area contributed by atoms with Crippen LogP contribution in [0.3, 0.4) is 0 Å². The highest BCUT2D eigenvalue weighted by atomic mass is 35.5. The van der Waals surface area contributed by atoms with Crippen molar-refractivity contribution in [2.75, 3.05) is 10.0 Å². The Balaban J connectivity index is 1.76. The van der Waals surface area contributed by atoms with Gasteiger partial charge in [0.05, 0.1) is 16.1 Å². The monoisotopic (exact) mass is 430 g/mol. The van der Waals surface area contributed by atoms with Crippen molar-refractivity contribution in [3.8, 4) is 0 Å². The Morgan fingerprint density at radius 1 is 0.862 bits per heavy atom. The molecule has 0 saturated heterocycles. The van der Waals surface area contributed by atoms with Crippen LogP contribution in [0, 0.1) is 0 Å². The molecule has 0 saturated carbocycles. The van der Waals surface area contributed by atoms with Gasteiger partial charge in [-0.15, -0.1) is 0 Å². The normalized spacial score (nSPS) is 10.9. The van der Waals surface area contributed by atoms with Crippen molar-refractivity contribution < 1.29 is 23.1 Å². The first-order chi connectivity index (χ1) is 13.8. The summed E-state index contributed by atoms with van der Waals surface area (Å²) in [4.78, 5) is 23.6. The zero-order valence-corrected chi connectivity index (χ0v) is 16.4. The lowest BCUT2D eigenvalue weighted by Gasteiger charge is -2.10. The summed E-state index contributed by atoms with van der Waals surface area (Å²) in [5.41, 5.74) is 0.621. The van der Waals surface area contributed by atoms with Crippen molar-refractivity contribution >= 4 is 44.9 Å². The van der Waals surface area contributed by atoms with E-state index in [1.165, 1.54) is 48.5 Å². The number of carbonyl (C=O) groups excluding carboxylic acids is 1. The minimum absolute atomic E-state index is 0.0325. The molecule has 3 aromatic rings. The third kappa shape index (κ3) is 4.92. The number of rotatable bonds is 6. The maximum Gasteiger partial charge on any atom is 0.337 e. The number of hydrogen-bond donors (Lipinski definition) is 3. The number of benzene rings is 3. The van der Waals surface area contributed by atoms with Crippen molar-refractivity contribution in [1.29, 1.82) is 0 Å². The van der Waals surface area contributed by atoms with Crippen LogP contribution in [0.5, 0.6) is 0 Å². The highest BCUT2D eigenvalue weighted by Crippen LogP contribution is 2.20. The van der Waals surface area contributed by atoms with E-state index in [0.717, 1.165) is 0 Å². The maximum absolute atomic E-state index is 12.5. The van der Waals surface area contributed by atoms with Crippen LogP contribution in [-0.2, 0) is 10.0 Å². The van der Waals surface area contributed by atoms with Gasteiger partial charge in [0.25, 0.3) is 15.9 Å². The molecular weight excluding hydrogens is 416 g/mol. The molecule has 0 radical (unpaired) electrons. The number of para-hydroxylation sites is 1. The molecule has 3 rings (SSSR count). The average Bonchev–Trinajstić information content (AvgIpc) is 2.70. The largest absolute Gasteiger partial charge is 0.478 e. The van der Waals surface area contributed by atoms with Gasteiger partial charge in [-0.2, -0.15) is 0 Å². The van der Waals surface area contributed by atoms with Crippen molar-refractivity contribution in [2.45, 2.75) is 4.90 Å². The summed E-state index contributed by atoms with van der Waals surface area (Å²) in [6, 6.07) is 17.4. The molecule has 0 heterocycles. The van der Waals surface area contributed by atoms with Gasteiger partial charge in [0.15, 0.2) is 0 Å². The lowest BCUT2D eigenvalue weighted by molar-refractivity contribution is 0.0698.